The van der Waals surface area contributed by atoms with Gasteiger partial charge in [0.2, 0.25) is 5.88 Å². The summed E-state index contributed by atoms with van der Waals surface area (Å²) in [7, 11) is 4.87. The van der Waals surface area contributed by atoms with Crippen molar-refractivity contribution < 1.29 is 14.2 Å². The number of nitrogens with zero attached hydrogens (tertiary/aromatic N) is 1. The Bertz CT molecular complexity index is 510. The Kier molecular flexibility index (Phi) is 3.49. The van der Waals surface area contributed by atoms with Crippen LogP contribution in [0.25, 0.3) is 10.6 Å². The number of thiazole rings is 1. The normalized spacial score (nSPS) is 10.1. The van der Waals surface area contributed by atoms with E-state index in [1.54, 1.807) is 21.3 Å². The average Bonchev–Trinajstić information content (AvgIpc) is 2.86. The number of rotatable bonds is 4. The molecule has 5 heteroatoms. The predicted molar refractivity (Wildman–Crippen MR) is 67.2 cm³/mol. The molecule has 2 aromatic rings. The molecule has 0 amide bonds. The van der Waals surface area contributed by atoms with Crippen LogP contribution in [0.2, 0.25) is 0 Å². The second-order valence-electron chi connectivity index (χ2n) is 3.26. The fourth-order valence-corrected chi connectivity index (χ4v) is 2.25. The third-order valence-corrected chi connectivity index (χ3v) is 3.18. The molecule has 1 aromatic carbocycles. The largest absolute Gasteiger partial charge is 0.497 e. The lowest BCUT2D eigenvalue weighted by molar-refractivity contribution is 0.399. The molecular formula is C12H13NO3S. The Morgan fingerprint density at radius 3 is 2.47 bits per heavy atom. The number of hydrogen-bond donors (Lipinski definition) is 0. The van der Waals surface area contributed by atoms with Crippen molar-refractivity contribution >= 4 is 11.3 Å². The van der Waals surface area contributed by atoms with Gasteiger partial charge in [0.05, 0.1) is 32.3 Å². The van der Waals surface area contributed by atoms with E-state index in [-0.39, 0.29) is 0 Å². The summed E-state index contributed by atoms with van der Waals surface area (Å²) in [4.78, 5) is 4.34. The Balaban J connectivity index is 2.47. The van der Waals surface area contributed by atoms with E-state index in [4.69, 9.17) is 14.2 Å². The molecule has 0 fully saturated rings. The molecule has 0 unspecified atom stereocenters. The fourth-order valence-electron chi connectivity index (χ4n) is 1.46. The van der Waals surface area contributed by atoms with E-state index in [0.717, 1.165) is 22.1 Å². The van der Waals surface area contributed by atoms with Crippen LogP contribution >= 0.6 is 11.3 Å². The van der Waals surface area contributed by atoms with E-state index in [1.165, 1.54) is 11.3 Å². The Morgan fingerprint density at radius 2 is 1.88 bits per heavy atom. The molecule has 0 spiro atoms. The van der Waals surface area contributed by atoms with E-state index < -0.39 is 0 Å². The van der Waals surface area contributed by atoms with Gasteiger partial charge in [0.15, 0.2) is 0 Å². The predicted octanol–water partition coefficient (Wildman–Crippen LogP) is 2.84. The lowest BCUT2D eigenvalue weighted by Gasteiger charge is -2.07. The van der Waals surface area contributed by atoms with Crippen LogP contribution < -0.4 is 14.2 Å². The highest BCUT2D eigenvalue weighted by Gasteiger charge is 2.11. The summed E-state index contributed by atoms with van der Waals surface area (Å²) in [5, 5.41) is 2.70. The molecule has 0 atom stereocenters. The molecule has 1 aromatic heterocycles. The minimum atomic E-state index is 0.606. The SMILES string of the molecule is COc1ccc(OC)c(-c2nc(OC)cs2)c1. The zero-order chi connectivity index (χ0) is 12.3. The lowest BCUT2D eigenvalue weighted by Crippen LogP contribution is -1.90. The first-order valence-corrected chi connectivity index (χ1v) is 5.88. The first-order chi connectivity index (χ1) is 8.28. The fraction of sp³-hybridized carbons (Fsp3) is 0.250. The molecule has 0 aliphatic heterocycles. The number of benzene rings is 1. The topological polar surface area (TPSA) is 40.6 Å². The maximum atomic E-state index is 5.31. The van der Waals surface area contributed by atoms with Crippen LogP contribution in [-0.4, -0.2) is 26.3 Å². The van der Waals surface area contributed by atoms with Crippen LogP contribution in [0, 0.1) is 0 Å². The van der Waals surface area contributed by atoms with Crippen molar-refractivity contribution in [2.45, 2.75) is 0 Å². The highest BCUT2D eigenvalue weighted by Crippen LogP contribution is 2.36. The number of hydrogen-bond acceptors (Lipinski definition) is 5. The average molecular weight is 251 g/mol. The third kappa shape index (κ3) is 2.34. The maximum absolute atomic E-state index is 5.31. The zero-order valence-electron chi connectivity index (χ0n) is 9.89. The lowest BCUT2D eigenvalue weighted by atomic mass is 10.2. The standard InChI is InChI=1S/C12H13NO3S/c1-14-8-4-5-10(15-2)9(6-8)12-13-11(16-3)7-17-12/h4-7H,1-3H3. The van der Waals surface area contributed by atoms with Gasteiger partial charge in [0.1, 0.15) is 16.5 Å². The molecular weight excluding hydrogens is 238 g/mol. The first kappa shape index (κ1) is 11.7. The molecule has 0 saturated carbocycles. The quantitative estimate of drug-likeness (QED) is 0.837. The molecule has 1 heterocycles. The molecule has 0 aliphatic rings. The minimum Gasteiger partial charge on any atom is -0.497 e. The number of aromatic nitrogens is 1. The second-order valence-corrected chi connectivity index (χ2v) is 4.12. The highest BCUT2D eigenvalue weighted by molar-refractivity contribution is 7.13. The van der Waals surface area contributed by atoms with Crippen molar-refractivity contribution in [2.24, 2.45) is 0 Å². The summed E-state index contributed by atoms with van der Waals surface area (Å²) in [6.07, 6.45) is 0. The molecule has 4 nitrogen and oxygen atoms in total. The van der Waals surface area contributed by atoms with Crippen molar-refractivity contribution in [3.8, 4) is 28.0 Å². The Morgan fingerprint density at radius 1 is 1.06 bits per heavy atom. The van der Waals surface area contributed by atoms with E-state index in [2.05, 4.69) is 4.98 Å². The van der Waals surface area contributed by atoms with Crippen LogP contribution in [0.4, 0.5) is 0 Å². The van der Waals surface area contributed by atoms with Gasteiger partial charge in [0.25, 0.3) is 0 Å². The Hall–Kier alpha value is -1.75. The van der Waals surface area contributed by atoms with Gasteiger partial charge in [-0.05, 0) is 18.2 Å². The van der Waals surface area contributed by atoms with E-state index in [9.17, 15) is 0 Å². The van der Waals surface area contributed by atoms with Gasteiger partial charge in [-0.3, -0.25) is 0 Å². The summed E-state index contributed by atoms with van der Waals surface area (Å²) in [6.45, 7) is 0. The van der Waals surface area contributed by atoms with Gasteiger partial charge < -0.3 is 14.2 Å². The van der Waals surface area contributed by atoms with Gasteiger partial charge in [-0.1, -0.05) is 0 Å². The molecule has 2 rings (SSSR count). The number of methoxy groups -OCH3 is 3. The van der Waals surface area contributed by atoms with Gasteiger partial charge in [-0.15, -0.1) is 11.3 Å². The van der Waals surface area contributed by atoms with Crippen LogP contribution in [0.5, 0.6) is 17.4 Å². The van der Waals surface area contributed by atoms with Gasteiger partial charge >= 0.3 is 0 Å². The van der Waals surface area contributed by atoms with E-state index in [0.29, 0.717) is 5.88 Å². The minimum absolute atomic E-state index is 0.606. The smallest absolute Gasteiger partial charge is 0.224 e. The zero-order valence-corrected chi connectivity index (χ0v) is 10.7. The second kappa shape index (κ2) is 5.05. The van der Waals surface area contributed by atoms with E-state index in [1.807, 2.05) is 23.6 Å². The summed E-state index contributed by atoms with van der Waals surface area (Å²) >= 11 is 1.50. The van der Waals surface area contributed by atoms with Crippen molar-refractivity contribution in [3.63, 3.8) is 0 Å². The molecule has 0 bridgehead atoms. The van der Waals surface area contributed by atoms with Crippen molar-refractivity contribution in [3.05, 3.63) is 23.6 Å². The van der Waals surface area contributed by atoms with Gasteiger partial charge in [-0.2, -0.15) is 0 Å². The molecule has 0 aliphatic carbocycles. The van der Waals surface area contributed by atoms with Crippen LogP contribution in [-0.2, 0) is 0 Å². The summed E-state index contributed by atoms with van der Waals surface area (Å²) in [6, 6.07) is 5.62. The first-order valence-electron chi connectivity index (χ1n) is 5.00. The Labute approximate surface area is 104 Å². The van der Waals surface area contributed by atoms with Crippen molar-refractivity contribution in [1.29, 1.82) is 0 Å². The number of ether oxygens (including phenoxy) is 3. The molecule has 17 heavy (non-hydrogen) atoms. The summed E-state index contributed by atoms with van der Waals surface area (Å²) in [5.74, 6) is 2.15. The van der Waals surface area contributed by atoms with Gasteiger partial charge in [-0.25, -0.2) is 4.98 Å². The van der Waals surface area contributed by atoms with Crippen LogP contribution in [0.1, 0.15) is 0 Å². The van der Waals surface area contributed by atoms with Crippen molar-refractivity contribution in [1.82, 2.24) is 4.98 Å². The summed E-state index contributed by atoms with van der Waals surface area (Å²) < 4.78 is 15.6. The van der Waals surface area contributed by atoms with Gasteiger partial charge in [0, 0.05) is 0 Å². The highest BCUT2D eigenvalue weighted by atomic mass is 32.1. The molecule has 0 radical (unpaired) electrons. The molecule has 90 valence electrons. The molecule has 0 N–H and O–H groups in total. The maximum Gasteiger partial charge on any atom is 0.224 e. The van der Waals surface area contributed by atoms with Crippen molar-refractivity contribution in [2.75, 3.05) is 21.3 Å². The summed E-state index contributed by atoms with van der Waals surface area (Å²) in [5.41, 5.74) is 0.903. The van der Waals surface area contributed by atoms with Crippen LogP contribution in [0.3, 0.4) is 0 Å². The molecule has 0 saturated heterocycles. The third-order valence-electron chi connectivity index (χ3n) is 2.33. The monoisotopic (exact) mass is 251 g/mol. The van der Waals surface area contributed by atoms with E-state index >= 15 is 0 Å². The van der Waals surface area contributed by atoms with Crippen LogP contribution in [0.15, 0.2) is 23.6 Å².